The lowest BCUT2D eigenvalue weighted by Gasteiger charge is -2.27. The van der Waals surface area contributed by atoms with Crippen LogP contribution in [0.15, 0.2) is 182 Å². The monoisotopic (exact) mass is 612 g/mol. The van der Waals surface area contributed by atoms with Crippen LogP contribution in [-0.2, 0) is 0 Å². The first kappa shape index (κ1) is 27.7. The quantitative estimate of drug-likeness (QED) is 0.169. The lowest BCUT2D eigenvalue weighted by Crippen LogP contribution is -2.31. The molecule has 0 saturated carbocycles. The van der Waals surface area contributed by atoms with Gasteiger partial charge in [0.15, 0.2) is 0 Å². The Bertz CT molecular complexity index is 2130. The average molecular weight is 613 g/mol. The van der Waals surface area contributed by atoms with Crippen LogP contribution in [0, 0.1) is 0 Å². The van der Waals surface area contributed by atoms with E-state index in [0.29, 0.717) is 0 Å². The molecule has 7 aromatic carbocycles. The second-order valence-electron chi connectivity index (χ2n) is 10.9. The van der Waals surface area contributed by atoms with Gasteiger partial charge in [-0.3, -0.25) is 4.57 Å². The Morgan fingerprint density at radius 2 is 0.867 bits per heavy atom. The molecule has 8 rings (SSSR count). The molecular formula is C41H30N2P2. The van der Waals surface area contributed by atoms with Gasteiger partial charge in [-0.1, -0.05) is 170 Å². The van der Waals surface area contributed by atoms with E-state index in [-0.39, 0.29) is 0 Å². The van der Waals surface area contributed by atoms with Crippen LogP contribution in [0.5, 0.6) is 0 Å². The highest BCUT2D eigenvalue weighted by Crippen LogP contribution is 2.41. The number of hydrogen-bond donors (Lipinski definition) is 0. The van der Waals surface area contributed by atoms with Crippen molar-refractivity contribution in [3.05, 3.63) is 182 Å². The van der Waals surface area contributed by atoms with Crippen molar-refractivity contribution in [2.75, 3.05) is 0 Å². The molecule has 8 aromatic rings. The largest absolute Gasteiger partial charge is 0.291 e. The summed E-state index contributed by atoms with van der Waals surface area (Å²) >= 11 is 0. The zero-order valence-electron chi connectivity index (χ0n) is 24.6. The molecule has 45 heavy (non-hydrogen) atoms. The number of rotatable bonds is 7. The van der Waals surface area contributed by atoms with Gasteiger partial charge in [0, 0.05) is 18.6 Å². The standard InChI is InChI=1S/C41H30N2P2/c1-5-18-32(19-6-1)44(33-20-7-2-8-21-33)39-30-29-31-17-13-14-26-36(31)40(39)43-38-28-16-15-27-37(38)42-41(43)45(34-22-9-3-10-23-34)35-24-11-4-12-25-35/h1-30H. The summed E-state index contributed by atoms with van der Waals surface area (Å²) in [5, 5.41) is 9.00. The fraction of sp³-hybridized carbons (Fsp3) is 0. The van der Waals surface area contributed by atoms with Crippen LogP contribution in [0.25, 0.3) is 27.5 Å². The molecule has 2 nitrogen and oxygen atoms in total. The Morgan fingerprint density at radius 1 is 0.400 bits per heavy atom. The van der Waals surface area contributed by atoms with Crippen LogP contribution in [0.2, 0.25) is 0 Å². The van der Waals surface area contributed by atoms with Gasteiger partial charge in [0.25, 0.3) is 0 Å². The average Bonchev–Trinajstić information content (AvgIpc) is 3.49. The number of para-hydroxylation sites is 2. The third-order valence-electron chi connectivity index (χ3n) is 8.14. The molecule has 0 N–H and O–H groups in total. The summed E-state index contributed by atoms with van der Waals surface area (Å²) in [7, 11) is -1.86. The molecule has 0 aliphatic rings. The number of hydrogen-bond acceptors (Lipinski definition) is 1. The number of nitrogens with zero attached hydrogens (tertiary/aromatic N) is 2. The molecule has 0 amide bonds. The Kier molecular flexibility index (Phi) is 7.53. The van der Waals surface area contributed by atoms with E-state index in [0.717, 1.165) is 16.6 Å². The Labute approximate surface area is 266 Å². The lowest BCUT2D eigenvalue weighted by molar-refractivity contribution is 1.17. The van der Waals surface area contributed by atoms with Crippen LogP contribution in [0.1, 0.15) is 0 Å². The minimum absolute atomic E-state index is 0.882. The number of imidazole rings is 1. The van der Waals surface area contributed by atoms with Gasteiger partial charge in [0.1, 0.15) is 5.57 Å². The van der Waals surface area contributed by atoms with Crippen LogP contribution < -0.4 is 32.1 Å². The molecule has 0 radical (unpaired) electrons. The maximum atomic E-state index is 5.49. The SMILES string of the molecule is c1ccc(P(c2ccccc2)c2ccc3ccccc3c2-n2c(P(c3ccccc3)c3ccccc3)nc3ccccc32)cc1. The van der Waals surface area contributed by atoms with Gasteiger partial charge < -0.3 is 0 Å². The van der Waals surface area contributed by atoms with Gasteiger partial charge in [-0.25, -0.2) is 4.98 Å². The number of fused-ring (bicyclic) bond motifs is 2. The minimum Gasteiger partial charge on any atom is -0.291 e. The summed E-state index contributed by atoms with van der Waals surface area (Å²) in [4.78, 5) is 5.49. The molecule has 0 atom stereocenters. The molecule has 4 heteroatoms. The normalized spacial score (nSPS) is 11.5. The number of aromatic nitrogens is 2. The van der Waals surface area contributed by atoms with Gasteiger partial charge in [-0.05, 0) is 46.7 Å². The summed E-state index contributed by atoms with van der Waals surface area (Å²) in [6, 6.07) is 65.9. The molecule has 0 aliphatic carbocycles. The predicted molar refractivity (Wildman–Crippen MR) is 196 cm³/mol. The van der Waals surface area contributed by atoms with E-state index in [4.69, 9.17) is 4.98 Å². The predicted octanol–water partition coefficient (Wildman–Crippen LogP) is 7.70. The summed E-state index contributed by atoms with van der Waals surface area (Å²) < 4.78 is 2.50. The van der Waals surface area contributed by atoms with Crippen molar-refractivity contribution in [2.45, 2.75) is 0 Å². The van der Waals surface area contributed by atoms with E-state index in [1.54, 1.807) is 0 Å². The fourth-order valence-electron chi connectivity index (χ4n) is 6.16. The molecule has 0 aliphatic heterocycles. The van der Waals surface area contributed by atoms with E-state index >= 15 is 0 Å². The summed E-state index contributed by atoms with van der Waals surface area (Å²) in [5.74, 6) is 0. The highest BCUT2D eigenvalue weighted by molar-refractivity contribution is 7.80. The van der Waals surface area contributed by atoms with Gasteiger partial charge in [-0.2, -0.15) is 0 Å². The van der Waals surface area contributed by atoms with Crippen molar-refractivity contribution in [2.24, 2.45) is 0 Å². The molecule has 0 unspecified atom stereocenters. The Morgan fingerprint density at radius 3 is 1.44 bits per heavy atom. The molecule has 1 aromatic heterocycles. The van der Waals surface area contributed by atoms with Crippen molar-refractivity contribution in [3.8, 4) is 5.69 Å². The van der Waals surface area contributed by atoms with Gasteiger partial charge >= 0.3 is 0 Å². The molecule has 0 spiro atoms. The molecular weight excluding hydrogens is 582 g/mol. The summed E-state index contributed by atoms with van der Waals surface area (Å²) in [6.07, 6.45) is 0. The molecule has 0 saturated heterocycles. The van der Waals surface area contributed by atoms with Crippen LogP contribution in [0.4, 0.5) is 0 Å². The smallest absolute Gasteiger partial charge is 0.146 e. The van der Waals surface area contributed by atoms with Gasteiger partial charge in [-0.15, -0.1) is 0 Å². The molecule has 214 valence electrons. The fourth-order valence-corrected chi connectivity index (χ4v) is 10.9. The maximum absolute atomic E-state index is 5.49. The highest BCUT2D eigenvalue weighted by Gasteiger charge is 2.29. The van der Waals surface area contributed by atoms with Crippen LogP contribution in [-0.4, -0.2) is 9.55 Å². The van der Waals surface area contributed by atoms with Crippen molar-refractivity contribution in [1.29, 1.82) is 0 Å². The van der Waals surface area contributed by atoms with E-state index < -0.39 is 15.8 Å². The van der Waals surface area contributed by atoms with Crippen molar-refractivity contribution in [3.63, 3.8) is 0 Å². The summed E-state index contributed by atoms with van der Waals surface area (Å²) in [6.45, 7) is 0. The van der Waals surface area contributed by atoms with Gasteiger partial charge in [0.2, 0.25) is 0 Å². The Balaban J connectivity index is 1.51. The zero-order chi connectivity index (χ0) is 30.0. The molecule has 1 heterocycles. The van der Waals surface area contributed by atoms with Crippen LogP contribution in [0.3, 0.4) is 0 Å². The zero-order valence-corrected chi connectivity index (χ0v) is 26.4. The first-order valence-electron chi connectivity index (χ1n) is 15.2. The van der Waals surface area contributed by atoms with E-state index in [2.05, 4.69) is 187 Å². The first-order chi connectivity index (χ1) is 22.4. The third kappa shape index (κ3) is 5.17. The minimum atomic E-state index is -0.974. The third-order valence-corrected chi connectivity index (χ3v) is 12.9. The van der Waals surface area contributed by atoms with Crippen molar-refractivity contribution >= 4 is 69.7 Å². The lowest BCUT2D eigenvalue weighted by atomic mass is 10.1. The van der Waals surface area contributed by atoms with E-state index in [1.165, 1.54) is 43.0 Å². The summed E-state index contributed by atoms with van der Waals surface area (Å²) in [5.41, 5.74) is 4.43. The van der Waals surface area contributed by atoms with E-state index in [9.17, 15) is 0 Å². The van der Waals surface area contributed by atoms with Crippen LogP contribution >= 0.6 is 15.8 Å². The second kappa shape index (κ2) is 12.3. The maximum Gasteiger partial charge on any atom is 0.146 e. The second-order valence-corrected chi connectivity index (χ2v) is 15.2. The topological polar surface area (TPSA) is 17.8 Å². The molecule has 0 fully saturated rings. The van der Waals surface area contributed by atoms with Gasteiger partial charge in [0.05, 0.1) is 16.7 Å². The number of benzene rings is 7. The highest BCUT2D eigenvalue weighted by atomic mass is 31.1. The van der Waals surface area contributed by atoms with E-state index in [1.807, 2.05) is 0 Å². The van der Waals surface area contributed by atoms with Crippen molar-refractivity contribution < 1.29 is 0 Å². The first-order valence-corrected chi connectivity index (χ1v) is 17.9. The van der Waals surface area contributed by atoms with Crippen molar-refractivity contribution in [1.82, 2.24) is 9.55 Å². The Hall–Kier alpha value is -4.87. The molecule has 0 bridgehead atoms.